The molecule has 0 bridgehead atoms. The highest BCUT2D eigenvalue weighted by molar-refractivity contribution is 6.01. The van der Waals surface area contributed by atoms with Gasteiger partial charge in [-0.05, 0) is 43.4 Å². The third kappa shape index (κ3) is 3.45. The SMILES string of the molecule is CC(C)C(=O)N1CCC(C(=O)N2CCCc3c(C(N)=O)cccc32)CC1. The molecule has 1 saturated heterocycles. The largest absolute Gasteiger partial charge is 0.366 e. The average Bonchev–Trinajstić information content (AvgIpc) is 2.65. The quantitative estimate of drug-likeness (QED) is 0.897. The molecule has 0 aromatic heterocycles. The maximum atomic E-state index is 13.1. The Labute approximate surface area is 154 Å². The Morgan fingerprint density at radius 1 is 1.12 bits per heavy atom. The molecule has 0 spiro atoms. The number of primary amides is 1. The van der Waals surface area contributed by atoms with E-state index in [-0.39, 0.29) is 23.7 Å². The van der Waals surface area contributed by atoms with Gasteiger partial charge in [0, 0.05) is 42.7 Å². The van der Waals surface area contributed by atoms with E-state index in [1.54, 1.807) is 12.1 Å². The average molecular weight is 357 g/mol. The number of amides is 3. The zero-order valence-corrected chi connectivity index (χ0v) is 15.5. The number of anilines is 1. The van der Waals surface area contributed by atoms with Crippen molar-refractivity contribution in [2.24, 2.45) is 17.6 Å². The van der Waals surface area contributed by atoms with Crippen LogP contribution in [0.15, 0.2) is 18.2 Å². The van der Waals surface area contributed by atoms with Gasteiger partial charge in [0.2, 0.25) is 17.7 Å². The van der Waals surface area contributed by atoms with Crippen LogP contribution in [0.3, 0.4) is 0 Å². The van der Waals surface area contributed by atoms with Gasteiger partial charge in [-0.15, -0.1) is 0 Å². The Bertz CT molecular complexity index is 721. The summed E-state index contributed by atoms with van der Waals surface area (Å²) in [7, 11) is 0. The Hall–Kier alpha value is -2.37. The molecule has 0 aliphatic carbocycles. The third-order valence-electron chi connectivity index (χ3n) is 5.43. The number of rotatable bonds is 3. The lowest BCUT2D eigenvalue weighted by Gasteiger charge is -2.37. The molecular weight excluding hydrogens is 330 g/mol. The number of nitrogens with two attached hydrogens (primary N) is 1. The number of benzene rings is 1. The third-order valence-corrected chi connectivity index (χ3v) is 5.43. The highest BCUT2D eigenvalue weighted by atomic mass is 16.2. The predicted molar refractivity (Wildman–Crippen MR) is 99.8 cm³/mol. The van der Waals surface area contributed by atoms with E-state index in [4.69, 9.17) is 5.73 Å². The van der Waals surface area contributed by atoms with Gasteiger partial charge in [0.1, 0.15) is 0 Å². The van der Waals surface area contributed by atoms with E-state index in [0.717, 1.165) is 24.1 Å². The number of likely N-dealkylation sites (tertiary alicyclic amines) is 1. The number of hydrogen-bond acceptors (Lipinski definition) is 3. The first-order chi connectivity index (χ1) is 12.4. The van der Waals surface area contributed by atoms with Crippen LogP contribution in [-0.4, -0.2) is 42.3 Å². The number of fused-ring (bicyclic) bond motifs is 1. The highest BCUT2D eigenvalue weighted by Gasteiger charge is 2.33. The minimum atomic E-state index is -0.448. The Balaban J connectivity index is 1.74. The van der Waals surface area contributed by atoms with Crippen LogP contribution in [0.1, 0.15) is 49.0 Å². The molecule has 1 aromatic rings. The van der Waals surface area contributed by atoms with Gasteiger partial charge in [-0.25, -0.2) is 0 Å². The van der Waals surface area contributed by atoms with Gasteiger partial charge in [0.25, 0.3) is 0 Å². The van der Waals surface area contributed by atoms with E-state index in [2.05, 4.69) is 0 Å². The fourth-order valence-corrected chi connectivity index (χ4v) is 4.02. The monoisotopic (exact) mass is 357 g/mol. The van der Waals surface area contributed by atoms with Crippen LogP contribution in [0.5, 0.6) is 0 Å². The molecule has 3 rings (SSSR count). The standard InChI is InChI=1S/C20H27N3O3/c1-13(2)19(25)22-11-8-14(9-12-22)20(26)23-10-4-6-15-16(18(21)24)5-3-7-17(15)23/h3,5,7,13-14H,4,6,8-12H2,1-2H3,(H2,21,24). The van der Waals surface area contributed by atoms with Gasteiger partial charge < -0.3 is 15.5 Å². The van der Waals surface area contributed by atoms with Crippen molar-refractivity contribution in [3.8, 4) is 0 Å². The van der Waals surface area contributed by atoms with Gasteiger partial charge >= 0.3 is 0 Å². The van der Waals surface area contributed by atoms with E-state index in [1.165, 1.54) is 0 Å². The van der Waals surface area contributed by atoms with Crippen molar-refractivity contribution in [1.29, 1.82) is 0 Å². The minimum Gasteiger partial charge on any atom is -0.366 e. The summed E-state index contributed by atoms with van der Waals surface area (Å²) in [6.07, 6.45) is 2.98. The molecule has 6 nitrogen and oxygen atoms in total. The Morgan fingerprint density at radius 2 is 1.81 bits per heavy atom. The molecule has 0 saturated carbocycles. The summed E-state index contributed by atoms with van der Waals surface area (Å²) in [4.78, 5) is 40.6. The molecule has 0 radical (unpaired) electrons. The smallest absolute Gasteiger partial charge is 0.249 e. The fraction of sp³-hybridized carbons (Fsp3) is 0.550. The molecule has 3 amide bonds. The fourth-order valence-electron chi connectivity index (χ4n) is 4.02. The predicted octanol–water partition coefficient (Wildman–Crippen LogP) is 1.96. The maximum absolute atomic E-state index is 13.1. The molecule has 6 heteroatoms. The van der Waals surface area contributed by atoms with E-state index >= 15 is 0 Å². The van der Waals surface area contributed by atoms with Gasteiger partial charge in [-0.2, -0.15) is 0 Å². The van der Waals surface area contributed by atoms with Crippen LogP contribution in [0.2, 0.25) is 0 Å². The van der Waals surface area contributed by atoms with E-state index in [0.29, 0.717) is 38.0 Å². The van der Waals surface area contributed by atoms with Gasteiger partial charge in [0.05, 0.1) is 0 Å². The topological polar surface area (TPSA) is 83.7 Å². The maximum Gasteiger partial charge on any atom is 0.249 e. The summed E-state index contributed by atoms with van der Waals surface area (Å²) >= 11 is 0. The summed E-state index contributed by atoms with van der Waals surface area (Å²) in [5.74, 6) is -0.274. The first-order valence-electron chi connectivity index (χ1n) is 9.42. The van der Waals surface area contributed by atoms with E-state index in [9.17, 15) is 14.4 Å². The zero-order valence-electron chi connectivity index (χ0n) is 15.5. The molecule has 2 aliphatic heterocycles. The van der Waals surface area contributed by atoms with Crippen LogP contribution in [0, 0.1) is 11.8 Å². The molecule has 2 N–H and O–H groups in total. The van der Waals surface area contributed by atoms with Crippen molar-refractivity contribution >= 4 is 23.4 Å². The number of carbonyl (C=O) groups excluding carboxylic acids is 3. The van der Waals surface area contributed by atoms with Gasteiger partial charge in [-0.3, -0.25) is 14.4 Å². The lowest BCUT2D eigenvalue weighted by atomic mass is 9.91. The summed E-state index contributed by atoms with van der Waals surface area (Å²) in [6.45, 7) is 5.74. The number of hydrogen-bond donors (Lipinski definition) is 1. The van der Waals surface area contributed by atoms with Crippen molar-refractivity contribution in [2.75, 3.05) is 24.5 Å². The molecule has 1 fully saturated rings. The van der Waals surface area contributed by atoms with Gasteiger partial charge in [0.15, 0.2) is 0 Å². The lowest BCUT2D eigenvalue weighted by molar-refractivity contribution is -0.137. The second-order valence-corrected chi connectivity index (χ2v) is 7.52. The van der Waals surface area contributed by atoms with Crippen LogP contribution >= 0.6 is 0 Å². The Morgan fingerprint density at radius 3 is 2.42 bits per heavy atom. The summed E-state index contributed by atoms with van der Waals surface area (Å²) < 4.78 is 0. The zero-order chi connectivity index (χ0) is 18.8. The summed E-state index contributed by atoms with van der Waals surface area (Å²) in [5, 5.41) is 0. The highest BCUT2D eigenvalue weighted by Crippen LogP contribution is 2.32. The summed E-state index contributed by atoms with van der Waals surface area (Å²) in [6, 6.07) is 5.41. The summed E-state index contributed by atoms with van der Waals surface area (Å²) in [5.41, 5.74) is 7.70. The molecule has 140 valence electrons. The molecular formula is C20H27N3O3. The van der Waals surface area contributed by atoms with E-state index in [1.807, 2.05) is 29.7 Å². The number of nitrogens with zero attached hydrogens (tertiary/aromatic N) is 2. The van der Waals surface area contributed by atoms with Crippen LogP contribution in [0.4, 0.5) is 5.69 Å². The van der Waals surface area contributed by atoms with Crippen molar-refractivity contribution < 1.29 is 14.4 Å². The second-order valence-electron chi connectivity index (χ2n) is 7.52. The first-order valence-corrected chi connectivity index (χ1v) is 9.42. The van der Waals surface area contributed by atoms with E-state index < -0.39 is 5.91 Å². The van der Waals surface area contributed by atoms with Gasteiger partial charge in [-0.1, -0.05) is 19.9 Å². The van der Waals surface area contributed by atoms with Crippen LogP contribution in [0.25, 0.3) is 0 Å². The second kappa shape index (κ2) is 7.48. The molecule has 2 heterocycles. The van der Waals surface area contributed by atoms with Crippen LogP contribution in [-0.2, 0) is 16.0 Å². The van der Waals surface area contributed by atoms with Crippen molar-refractivity contribution in [3.63, 3.8) is 0 Å². The Kier molecular flexibility index (Phi) is 5.30. The normalized spacial score (nSPS) is 18.0. The molecule has 2 aliphatic rings. The molecule has 26 heavy (non-hydrogen) atoms. The number of carbonyl (C=O) groups is 3. The van der Waals surface area contributed by atoms with Crippen molar-refractivity contribution in [1.82, 2.24) is 4.90 Å². The van der Waals surface area contributed by atoms with Crippen molar-refractivity contribution in [2.45, 2.75) is 39.5 Å². The van der Waals surface area contributed by atoms with Crippen LogP contribution < -0.4 is 10.6 Å². The minimum absolute atomic E-state index is 0.0107. The first kappa shape index (κ1) is 18.4. The lowest BCUT2D eigenvalue weighted by Crippen LogP contribution is -2.46. The molecule has 1 aromatic carbocycles. The molecule has 0 unspecified atom stereocenters. The van der Waals surface area contributed by atoms with Crippen molar-refractivity contribution in [3.05, 3.63) is 29.3 Å². The molecule has 0 atom stereocenters. The number of piperidine rings is 1.